The summed E-state index contributed by atoms with van der Waals surface area (Å²) in [7, 11) is 0. The molecular formula is C18H17BrN2O3. The van der Waals surface area contributed by atoms with Crippen LogP contribution >= 0.6 is 15.9 Å². The molecule has 2 N–H and O–H groups in total. The summed E-state index contributed by atoms with van der Waals surface area (Å²) < 4.78 is 0.783. The number of carbonyl (C=O) groups is 2. The quantitative estimate of drug-likeness (QED) is 0.832. The van der Waals surface area contributed by atoms with E-state index in [2.05, 4.69) is 21.2 Å². The molecule has 0 unspecified atom stereocenters. The third-order valence-electron chi connectivity index (χ3n) is 4.16. The highest BCUT2D eigenvalue weighted by molar-refractivity contribution is 9.10. The van der Waals surface area contributed by atoms with Crippen molar-refractivity contribution >= 4 is 33.6 Å². The van der Waals surface area contributed by atoms with Crippen molar-refractivity contribution in [2.24, 2.45) is 0 Å². The van der Waals surface area contributed by atoms with Crippen LogP contribution in [0.15, 0.2) is 53.0 Å². The zero-order valence-electron chi connectivity index (χ0n) is 12.9. The SMILES string of the molecule is O=C(O)C[C@H]1c2ccccc2CCN1C(=O)Nc1ccccc1Br. The first-order chi connectivity index (χ1) is 11.6. The van der Waals surface area contributed by atoms with Gasteiger partial charge in [-0.2, -0.15) is 0 Å². The molecule has 1 aliphatic rings. The Bertz CT molecular complexity index is 778. The average molecular weight is 389 g/mol. The van der Waals surface area contributed by atoms with Gasteiger partial charge in [-0.1, -0.05) is 36.4 Å². The Labute approximate surface area is 148 Å². The van der Waals surface area contributed by atoms with Gasteiger partial charge in [0, 0.05) is 11.0 Å². The topological polar surface area (TPSA) is 69.6 Å². The summed E-state index contributed by atoms with van der Waals surface area (Å²) in [5, 5.41) is 12.1. The Morgan fingerprint density at radius 3 is 2.62 bits per heavy atom. The lowest BCUT2D eigenvalue weighted by Crippen LogP contribution is -2.43. The number of amides is 2. The molecule has 0 aromatic heterocycles. The fourth-order valence-electron chi connectivity index (χ4n) is 3.03. The first-order valence-electron chi connectivity index (χ1n) is 7.68. The third-order valence-corrected chi connectivity index (χ3v) is 4.85. The van der Waals surface area contributed by atoms with Crippen LogP contribution in [-0.4, -0.2) is 28.6 Å². The van der Waals surface area contributed by atoms with Crippen molar-refractivity contribution in [1.29, 1.82) is 0 Å². The Kier molecular flexibility index (Phi) is 4.85. The Hall–Kier alpha value is -2.34. The Morgan fingerprint density at radius 1 is 1.17 bits per heavy atom. The van der Waals surface area contributed by atoms with Gasteiger partial charge in [0.2, 0.25) is 0 Å². The Morgan fingerprint density at radius 2 is 1.88 bits per heavy atom. The lowest BCUT2D eigenvalue weighted by Gasteiger charge is -2.36. The number of para-hydroxylation sites is 1. The van der Waals surface area contributed by atoms with Crippen LogP contribution < -0.4 is 5.32 Å². The second-order valence-electron chi connectivity index (χ2n) is 5.67. The summed E-state index contributed by atoms with van der Waals surface area (Å²) in [5.41, 5.74) is 2.68. The number of nitrogens with one attached hydrogen (secondary N) is 1. The third kappa shape index (κ3) is 3.43. The van der Waals surface area contributed by atoms with Crippen molar-refractivity contribution in [2.75, 3.05) is 11.9 Å². The summed E-state index contributed by atoms with van der Waals surface area (Å²) in [6.45, 7) is 0.491. The summed E-state index contributed by atoms with van der Waals surface area (Å²) in [6, 6.07) is 14.3. The first-order valence-corrected chi connectivity index (χ1v) is 8.47. The summed E-state index contributed by atoms with van der Waals surface area (Å²) in [4.78, 5) is 25.6. The van der Waals surface area contributed by atoms with Crippen LogP contribution in [-0.2, 0) is 11.2 Å². The van der Waals surface area contributed by atoms with E-state index in [0.29, 0.717) is 12.2 Å². The van der Waals surface area contributed by atoms with E-state index in [0.717, 1.165) is 22.0 Å². The predicted molar refractivity (Wildman–Crippen MR) is 95.0 cm³/mol. The van der Waals surface area contributed by atoms with Gasteiger partial charge in [-0.15, -0.1) is 0 Å². The highest BCUT2D eigenvalue weighted by Crippen LogP contribution is 2.33. The predicted octanol–water partition coefficient (Wildman–Crippen LogP) is 4.06. The van der Waals surface area contributed by atoms with Crippen molar-refractivity contribution in [3.63, 3.8) is 0 Å². The molecule has 24 heavy (non-hydrogen) atoms. The summed E-state index contributed by atoms with van der Waals surface area (Å²) >= 11 is 3.40. The van der Waals surface area contributed by atoms with E-state index in [-0.39, 0.29) is 12.5 Å². The lowest BCUT2D eigenvalue weighted by atomic mass is 9.91. The van der Waals surface area contributed by atoms with Gasteiger partial charge in [0.15, 0.2) is 0 Å². The normalized spacial score (nSPS) is 16.4. The molecule has 2 aromatic rings. The second-order valence-corrected chi connectivity index (χ2v) is 6.52. The van der Waals surface area contributed by atoms with E-state index in [1.165, 1.54) is 0 Å². The molecule has 0 spiro atoms. The van der Waals surface area contributed by atoms with Crippen LogP contribution in [0.25, 0.3) is 0 Å². The number of hydrogen-bond acceptors (Lipinski definition) is 2. The highest BCUT2D eigenvalue weighted by atomic mass is 79.9. The van der Waals surface area contributed by atoms with Crippen molar-refractivity contribution in [3.05, 3.63) is 64.1 Å². The number of benzene rings is 2. The number of nitrogens with zero attached hydrogens (tertiary/aromatic N) is 1. The van der Waals surface area contributed by atoms with Crippen LogP contribution in [0.1, 0.15) is 23.6 Å². The van der Waals surface area contributed by atoms with Crippen LogP contribution in [0.5, 0.6) is 0 Å². The minimum Gasteiger partial charge on any atom is -0.481 e. The highest BCUT2D eigenvalue weighted by Gasteiger charge is 2.32. The summed E-state index contributed by atoms with van der Waals surface area (Å²) in [6.07, 6.45) is 0.607. The molecule has 1 aliphatic heterocycles. The summed E-state index contributed by atoms with van der Waals surface area (Å²) in [5.74, 6) is -0.921. The number of urea groups is 1. The number of carbonyl (C=O) groups excluding carboxylic acids is 1. The van der Waals surface area contributed by atoms with E-state index < -0.39 is 12.0 Å². The zero-order chi connectivity index (χ0) is 17.1. The van der Waals surface area contributed by atoms with E-state index in [4.69, 9.17) is 0 Å². The number of carboxylic acid groups (broad SMARTS) is 1. The fourth-order valence-corrected chi connectivity index (χ4v) is 3.41. The van der Waals surface area contributed by atoms with E-state index >= 15 is 0 Å². The smallest absolute Gasteiger partial charge is 0.322 e. The number of carboxylic acids is 1. The molecule has 0 radical (unpaired) electrons. The number of rotatable bonds is 3. The maximum absolute atomic E-state index is 12.7. The number of halogens is 1. The molecular weight excluding hydrogens is 372 g/mol. The molecule has 124 valence electrons. The second kappa shape index (κ2) is 7.05. The van der Waals surface area contributed by atoms with Gasteiger partial charge >= 0.3 is 12.0 Å². The largest absolute Gasteiger partial charge is 0.481 e. The van der Waals surface area contributed by atoms with Gasteiger partial charge in [0.25, 0.3) is 0 Å². The molecule has 1 atom stereocenters. The lowest BCUT2D eigenvalue weighted by molar-refractivity contribution is -0.138. The number of fused-ring (bicyclic) bond motifs is 1. The van der Waals surface area contributed by atoms with Gasteiger partial charge in [0.1, 0.15) is 0 Å². The maximum Gasteiger partial charge on any atom is 0.322 e. The van der Waals surface area contributed by atoms with Crippen LogP contribution in [0, 0.1) is 0 Å². The van der Waals surface area contributed by atoms with Crippen molar-refractivity contribution in [1.82, 2.24) is 4.90 Å². The minimum absolute atomic E-state index is 0.111. The standard InChI is InChI=1S/C18H17BrN2O3/c19-14-7-3-4-8-15(14)20-18(24)21-10-9-12-5-1-2-6-13(12)16(21)11-17(22)23/h1-8,16H,9-11H2,(H,20,24)(H,22,23)/t16-/m0/s1. The van der Waals surface area contributed by atoms with Crippen molar-refractivity contribution in [3.8, 4) is 0 Å². The molecule has 1 heterocycles. The van der Waals surface area contributed by atoms with E-state index in [9.17, 15) is 14.7 Å². The zero-order valence-corrected chi connectivity index (χ0v) is 14.5. The molecule has 0 bridgehead atoms. The number of hydrogen-bond donors (Lipinski definition) is 2. The monoisotopic (exact) mass is 388 g/mol. The van der Waals surface area contributed by atoms with Crippen molar-refractivity contribution in [2.45, 2.75) is 18.9 Å². The molecule has 5 nitrogen and oxygen atoms in total. The molecule has 0 aliphatic carbocycles. The van der Waals surface area contributed by atoms with Crippen molar-refractivity contribution < 1.29 is 14.7 Å². The van der Waals surface area contributed by atoms with Crippen LogP contribution in [0.3, 0.4) is 0 Å². The van der Waals surface area contributed by atoms with Crippen LogP contribution in [0.4, 0.5) is 10.5 Å². The van der Waals surface area contributed by atoms with Gasteiger partial charge in [-0.25, -0.2) is 4.79 Å². The molecule has 0 saturated carbocycles. The molecule has 6 heteroatoms. The molecule has 2 aromatic carbocycles. The number of aliphatic carboxylic acids is 1. The number of anilines is 1. The van der Waals surface area contributed by atoms with Gasteiger partial charge in [0.05, 0.1) is 18.2 Å². The average Bonchev–Trinajstić information content (AvgIpc) is 2.56. The fraction of sp³-hybridized carbons (Fsp3) is 0.222. The molecule has 3 rings (SSSR count). The molecule has 2 amide bonds. The Balaban J connectivity index is 1.87. The molecule has 0 saturated heterocycles. The minimum atomic E-state index is -0.921. The van der Waals surface area contributed by atoms with Gasteiger partial charge in [-0.05, 0) is 45.6 Å². The first kappa shape index (κ1) is 16.5. The van der Waals surface area contributed by atoms with Gasteiger partial charge in [-0.3, -0.25) is 4.79 Å². The van der Waals surface area contributed by atoms with E-state index in [1.54, 1.807) is 11.0 Å². The van der Waals surface area contributed by atoms with Gasteiger partial charge < -0.3 is 15.3 Å². The van der Waals surface area contributed by atoms with E-state index in [1.807, 2.05) is 42.5 Å². The van der Waals surface area contributed by atoms with Crippen LogP contribution in [0.2, 0.25) is 0 Å². The maximum atomic E-state index is 12.7. The molecule has 0 fully saturated rings.